The molecule has 0 bridgehead atoms. The Morgan fingerprint density at radius 3 is 2.74 bits per heavy atom. The average Bonchev–Trinajstić information content (AvgIpc) is 2.87. The van der Waals surface area contributed by atoms with E-state index in [2.05, 4.69) is 9.82 Å². The van der Waals surface area contributed by atoms with Gasteiger partial charge in [-0.15, -0.1) is 11.3 Å². The molecule has 2 aromatic heterocycles. The lowest BCUT2D eigenvalue weighted by Crippen LogP contribution is -2.16. The van der Waals surface area contributed by atoms with Crippen LogP contribution in [0.4, 0.5) is 5.82 Å². The predicted molar refractivity (Wildman–Crippen MR) is 70.3 cm³/mol. The molecule has 2 aromatic rings. The number of anilines is 1. The van der Waals surface area contributed by atoms with Crippen LogP contribution in [-0.2, 0) is 17.1 Å². The number of sulfonamides is 1. The zero-order chi connectivity index (χ0) is 14.2. The van der Waals surface area contributed by atoms with Crippen LogP contribution in [0.5, 0.6) is 0 Å². The van der Waals surface area contributed by atoms with Crippen molar-refractivity contribution in [3.8, 4) is 0 Å². The van der Waals surface area contributed by atoms with Crippen molar-refractivity contribution in [1.82, 2.24) is 9.78 Å². The number of nitrogens with one attached hydrogen (secondary N) is 1. The van der Waals surface area contributed by atoms with Crippen LogP contribution in [0.25, 0.3) is 0 Å². The summed E-state index contributed by atoms with van der Waals surface area (Å²) in [6.07, 6.45) is 1.07. The Hall–Kier alpha value is -1.58. The summed E-state index contributed by atoms with van der Waals surface area (Å²) < 4.78 is 27.7. The van der Waals surface area contributed by atoms with Gasteiger partial charge in [0.15, 0.2) is 5.82 Å². The van der Waals surface area contributed by atoms with E-state index in [0.29, 0.717) is 4.34 Å². The second-order valence-electron chi connectivity index (χ2n) is 3.50. The predicted octanol–water partition coefficient (Wildman–Crippen LogP) is 1.63. The van der Waals surface area contributed by atoms with Gasteiger partial charge in [-0.25, -0.2) is 13.2 Å². The fraction of sp³-hybridized carbons (Fsp3) is 0.111. The molecule has 0 atom stereocenters. The number of carboxylic acid groups (broad SMARTS) is 1. The molecule has 0 aliphatic heterocycles. The van der Waals surface area contributed by atoms with Crippen LogP contribution in [0.3, 0.4) is 0 Å². The highest BCUT2D eigenvalue weighted by molar-refractivity contribution is 7.94. The summed E-state index contributed by atoms with van der Waals surface area (Å²) in [5.41, 5.74) is -0.228. The SMILES string of the molecule is Cn1ncc(C(=O)O)c1NS(=O)(=O)c1ccc(Cl)s1. The summed E-state index contributed by atoms with van der Waals surface area (Å²) in [6, 6.07) is 2.79. The largest absolute Gasteiger partial charge is 0.477 e. The zero-order valence-electron chi connectivity index (χ0n) is 9.49. The number of aromatic carboxylic acids is 1. The first-order valence-electron chi connectivity index (χ1n) is 4.84. The summed E-state index contributed by atoms with van der Waals surface area (Å²) in [7, 11) is -2.44. The summed E-state index contributed by atoms with van der Waals surface area (Å²) in [5.74, 6) is -1.38. The third kappa shape index (κ3) is 2.72. The van der Waals surface area contributed by atoms with Crippen molar-refractivity contribution < 1.29 is 18.3 Å². The third-order valence-corrected chi connectivity index (χ3v) is 5.28. The lowest BCUT2D eigenvalue weighted by atomic mass is 10.3. The Balaban J connectivity index is 2.41. The van der Waals surface area contributed by atoms with E-state index in [1.165, 1.54) is 19.2 Å². The molecule has 2 heterocycles. The first-order valence-corrected chi connectivity index (χ1v) is 7.52. The van der Waals surface area contributed by atoms with Crippen molar-refractivity contribution in [3.05, 3.63) is 28.2 Å². The van der Waals surface area contributed by atoms with Crippen molar-refractivity contribution in [1.29, 1.82) is 0 Å². The van der Waals surface area contributed by atoms with Gasteiger partial charge >= 0.3 is 5.97 Å². The van der Waals surface area contributed by atoms with E-state index in [4.69, 9.17) is 16.7 Å². The van der Waals surface area contributed by atoms with Gasteiger partial charge < -0.3 is 5.11 Å². The molecular formula is C9H8ClN3O4S2. The van der Waals surface area contributed by atoms with Gasteiger partial charge in [-0.2, -0.15) is 5.10 Å². The Morgan fingerprint density at radius 1 is 1.53 bits per heavy atom. The highest BCUT2D eigenvalue weighted by atomic mass is 35.5. The Morgan fingerprint density at radius 2 is 2.21 bits per heavy atom. The van der Waals surface area contributed by atoms with E-state index in [-0.39, 0.29) is 15.6 Å². The summed E-state index contributed by atoms with van der Waals surface area (Å²) in [6.45, 7) is 0. The van der Waals surface area contributed by atoms with E-state index in [9.17, 15) is 13.2 Å². The highest BCUT2D eigenvalue weighted by Crippen LogP contribution is 2.27. The van der Waals surface area contributed by atoms with E-state index in [1.54, 1.807) is 0 Å². The maximum Gasteiger partial charge on any atom is 0.341 e. The monoisotopic (exact) mass is 321 g/mol. The fourth-order valence-electron chi connectivity index (χ4n) is 1.33. The number of aryl methyl sites for hydroxylation is 1. The standard InChI is InChI=1S/C9H8ClN3O4S2/c1-13-8(5(4-11-13)9(14)15)12-19(16,17)7-3-2-6(10)18-7/h2-4,12H,1H3,(H,14,15). The van der Waals surface area contributed by atoms with Gasteiger partial charge in [0.05, 0.1) is 10.5 Å². The number of thiophene rings is 1. The second kappa shape index (κ2) is 4.83. The van der Waals surface area contributed by atoms with E-state index in [0.717, 1.165) is 22.2 Å². The van der Waals surface area contributed by atoms with Gasteiger partial charge in [0.2, 0.25) is 0 Å². The van der Waals surface area contributed by atoms with Crippen molar-refractivity contribution in [2.75, 3.05) is 4.72 Å². The quantitative estimate of drug-likeness (QED) is 0.891. The van der Waals surface area contributed by atoms with Crippen molar-refractivity contribution >= 4 is 44.7 Å². The minimum Gasteiger partial charge on any atom is -0.477 e. The molecule has 10 heteroatoms. The maximum atomic E-state index is 12.0. The molecule has 0 aromatic carbocycles. The molecule has 0 saturated heterocycles. The smallest absolute Gasteiger partial charge is 0.341 e. The molecule has 0 saturated carbocycles. The number of hydrogen-bond donors (Lipinski definition) is 2. The number of hydrogen-bond acceptors (Lipinski definition) is 5. The van der Waals surface area contributed by atoms with Gasteiger partial charge in [0, 0.05) is 7.05 Å². The number of aromatic nitrogens is 2. The van der Waals surface area contributed by atoms with Gasteiger partial charge in [-0.3, -0.25) is 9.40 Å². The minimum absolute atomic E-state index is 0.00459. The topological polar surface area (TPSA) is 101 Å². The van der Waals surface area contributed by atoms with Gasteiger partial charge in [-0.1, -0.05) is 11.6 Å². The number of halogens is 1. The molecule has 7 nitrogen and oxygen atoms in total. The van der Waals surface area contributed by atoms with E-state index >= 15 is 0 Å². The second-order valence-corrected chi connectivity index (χ2v) is 7.12. The summed E-state index contributed by atoms with van der Waals surface area (Å²) in [5, 5.41) is 12.7. The van der Waals surface area contributed by atoms with Crippen LogP contribution in [0.1, 0.15) is 10.4 Å². The molecule has 2 N–H and O–H groups in total. The normalized spacial score (nSPS) is 11.5. The molecule has 2 rings (SSSR count). The first-order chi connectivity index (χ1) is 8.81. The van der Waals surface area contributed by atoms with Crippen molar-refractivity contribution in [2.24, 2.45) is 7.05 Å². The van der Waals surface area contributed by atoms with Crippen LogP contribution in [-0.4, -0.2) is 29.3 Å². The number of carboxylic acids is 1. The molecular weight excluding hydrogens is 314 g/mol. The van der Waals surface area contributed by atoms with E-state index < -0.39 is 16.0 Å². The molecule has 0 aliphatic carbocycles. The average molecular weight is 322 g/mol. The summed E-state index contributed by atoms with van der Waals surface area (Å²) in [4.78, 5) is 11.0. The van der Waals surface area contributed by atoms with Crippen molar-refractivity contribution in [2.45, 2.75) is 4.21 Å². The van der Waals surface area contributed by atoms with Crippen molar-refractivity contribution in [3.63, 3.8) is 0 Å². The molecule has 0 fully saturated rings. The van der Waals surface area contributed by atoms with Gasteiger partial charge in [0.1, 0.15) is 9.77 Å². The maximum absolute atomic E-state index is 12.0. The highest BCUT2D eigenvalue weighted by Gasteiger charge is 2.23. The molecule has 0 spiro atoms. The van der Waals surface area contributed by atoms with Gasteiger partial charge in [-0.05, 0) is 12.1 Å². The number of carbonyl (C=O) groups is 1. The van der Waals surface area contributed by atoms with Crippen LogP contribution in [0.15, 0.2) is 22.5 Å². The molecule has 0 radical (unpaired) electrons. The third-order valence-electron chi connectivity index (χ3n) is 2.21. The van der Waals surface area contributed by atoms with Crippen LogP contribution >= 0.6 is 22.9 Å². The van der Waals surface area contributed by atoms with Crippen LogP contribution < -0.4 is 4.72 Å². The van der Waals surface area contributed by atoms with Gasteiger partial charge in [0.25, 0.3) is 10.0 Å². The van der Waals surface area contributed by atoms with Crippen LogP contribution in [0, 0.1) is 0 Å². The van der Waals surface area contributed by atoms with E-state index in [1.807, 2.05) is 0 Å². The molecule has 102 valence electrons. The van der Waals surface area contributed by atoms with Crippen LogP contribution in [0.2, 0.25) is 4.34 Å². The Labute approximate surface area is 117 Å². The lowest BCUT2D eigenvalue weighted by molar-refractivity contribution is 0.0698. The Bertz CT molecular complexity index is 734. The summed E-state index contributed by atoms with van der Waals surface area (Å²) >= 11 is 6.55. The zero-order valence-corrected chi connectivity index (χ0v) is 11.9. The minimum atomic E-state index is -3.88. The first kappa shape index (κ1) is 13.8. The molecule has 0 amide bonds. The number of rotatable bonds is 4. The number of nitrogens with zero attached hydrogens (tertiary/aromatic N) is 2. The lowest BCUT2D eigenvalue weighted by Gasteiger charge is -2.07. The molecule has 0 aliphatic rings. The Kier molecular flexibility index (Phi) is 3.52. The fourth-order valence-corrected chi connectivity index (χ4v) is 3.93. The molecule has 19 heavy (non-hydrogen) atoms. The molecule has 0 unspecified atom stereocenters.